The highest BCUT2D eigenvalue weighted by atomic mass is 16.2. The van der Waals surface area contributed by atoms with Crippen LogP contribution in [0, 0.1) is 5.92 Å². The first-order valence-electron chi connectivity index (χ1n) is 4.61. The molecule has 1 heterocycles. The van der Waals surface area contributed by atoms with Crippen LogP contribution in [0.4, 0.5) is 0 Å². The third-order valence-electron chi connectivity index (χ3n) is 2.21. The van der Waals surface area contributed by atoms with Gasteiger partial charge in [-0.3, -0.25) is 13.9 Å². The molecule has 0 aromatic carbocycles. The second-order valence-electron chi connectivity index (χ2n) is 3.32. The van der Waals surface area contributed by atoms with Crippen molar-refractivity contribution in [2.24, 2.45) is 11.7 Å². The maximum Gasteiger partial charge on any atom is 0.328 e. The highest BCUT2D eigenvalue weighted by molar-refractivity contribution is 5.76. The number of carbonyl (C=O) groups excluding carboxylic acids is 1. The average molecular weight is 197 g/mol. The second kappa shape index (κ2) is 4.13. The Morgan fingerprint density at radius 2 is 2.07 bits per heavy atom. The van der Waals surface area contributed by atoms with Crippen LogP contribution < -0.4 is 11.4 Å². The first kappa shape index (κ1) is 10.6. The SMILES string of the molecule is CCn1ccn(CC(C)C(N)=O)c1=O. The molecule has 0 spiro atoms. The van der Waals surface area contributed by atoms with Gasteiger partial charge in [0.15, 0.2) is 0 Å². The van der Waals surface area contributed by atoms with E-state index in [9.17, 15) is 9.59 Å². The lowest BCUT2D eigenvalue weighted by Crippen LogP contribution is -2.30. The van der Waals surface area contributed by atoms with Crippen molar-refractivity contribution < 1.29 is 4.79 Å². The van der Waals surface area contributed by atoms with E-state index >= 15 is 0 Å². The number of amides is 1. The van der Waals surface area contributed by atoms with E-state index in [2.05, 4.69) is 0 Å². The summed E-state index contributed by atoms with van der Waals surface area (Å²) in [6, 6.07) is 0. The molecule has 5 heteroatoms. The maximum atomic E-state index is 11.5. The Bertz CT molecular complexity index is 378. The van der Waals surface area contributed by atoms with Gasteiger partial charge in [-0.05, 0) is 6.92 Å². The van der Waals surface area contributed by atoms with Gasteiger partial charge in [-0.2, -0.15) is 0 Å². The van der Waals surface area contributed by atoms with Gasteiger partial charge >= 0.3 is 5.69 Å². The number of aryl methyl sites for hydroxylation is 1. The van der Waals surface area contributed by atoms with Gasteiger partial charge < -0.3 is 5.73 Å². The zero-order valence-corrected chi connectivity index (χ0v) is 8.43. The normalized spacial score (nSPS) is 12.7. The minimum absolute atomic E-state index is 0.0967. The number of rotatable bonds is 4. The van der Waals surface area contributed by atoms with Crippen LogP contribution in [0.3, 0.4) is 0 Å². The highest BCUT2D eigenvalue weighted by Crippen LogP contribution is 1.97. The summed E-state index contributed by atoms with van der Waals surface area (Å²) in [5.41, 5.74) is 5.02. The molecule has 1 amide bonds. The van der Waals surface area contributed by atoms with Crippen molar-refractivity contribution in [3.05, 3.63) is 22.9 Å². The molecule has 0 bridgehead atoms. The summed E-state index contributed by atoms with van der Waals surface area (Å²) >= 11 is 0. The Hall–Kier alpha value is -1.52. The number of carbonyl (C=O) groups is 1. The first-order valence-corrected chi connectivity index (χ1v) is 4.61. The molecule has 14 heavy (non-hydrogen) atoms. The summed E-state index contributed by atoms with van der Waals surface area (Å²) in [5, 5.41) is 0. The summed E-state index contributed by atoms with van der Waals surface area (Å²) in [7, 11) is 0. The summed E-state index contributed by atoms with van der Waals surface area (Å²) in [6.45, 7) is 4.58. The Balaban J connectivity index is 2.83. The highest BCUT2D eigenvalue weighted by Gasteiger charge is 2.11. The first-order chi connectivity index (χ1) is 6.56. The molecule has 0 saturated heterocycles. The number of nitrogens with two attached hydrogens (primary N) is 1. The molecule has 78 valence electrons. The summed E-state index contributed by atoms with van der Waals surface area (Å²) in [6.07, 6.45) is 3.38. The van der Waals surface area contributed by atoms with Crippen LogP contribution in [0.1, 0.15) is 13.8 Å². The molecule has 0 fully saturated rings. The van der Waals surface area contributed by atoms with Gasteiger partial charge in [-0.15, -0.1) is 0 Å². The third kappa shape index (κ3) is 2.04. The summed E-state index contributed by atoms with van der Waals surface area (Å²) in [5.74, 6) is -0.707. The van der Waals surface area contributed by atoms with Gasteiger partial charge in [0.05, 0.1) is 5.92 Å². The summed E-state index contributed by atoms with van der Waals surface area (Å²) < 4.78 is 3.08. The Kier molecular flexibility index (Phi) is 3.11. The van der Waals surface area contributed by atoms with Crippen molar-refractivity contribution in [3.8, 4) is 0 Å². The van der Waals surface area contributed by atoms with E-state index in [0.29, 0.717) is 13.1 Å². The van der Waals surface area contributed by atoms with Crippen molar-refractivity contribution in [1.82, 2.24) is 9.13 Å². The number of imidazole rings is 1. The molecule has 1 atom stereocenters. The smallest absolute Gasteiger partial charge is 0.328 e. The van der Waals surface area contributed by atoms with Crippen molar-refractivity contribution in [1.29, 1.82) is 0 Å². The fraction of sp³-hybridized carbons (Fsp3) is 0.556. The predicted molar refractivity (Wildman–Crippen MR) is 52.7 cm³/mol. The standard InChI is InChI=1S/C9H15N3O2/c1-3-11-4-5-12(9(11)14)6-7(2)8(10)13/h4-5,7H,3,6H2,1-2H3,(H2,10,13). The average Bonchev–Trinajstić information content (AvgIpc) is 2.47. The third-order valence-corrected chi connectivity index (χ3v) is 2.21. The minimum atomic E-state index is -0.388. The van der Waals surface area contributed by atoms with Gasteiger partial charge in [0.2, 0.25) is 5.91 Å². The molecule has 5 nitrogen and oxygen atoms in total. The van der Waals surface area contributed by atoms with Gasteiger partial charge in [0, 0.05) is 25.5 Å². The van der Waals surface area contributed by atoms with Crippen LogP contribution in [-0.2, 0) is 17.9 Å². The van der Waals surface area contributed by atoms with E-state index in [-0.39, 0.29) is 17.5 Å². The van der Waals surface area contributed by atoms with Crippen molar-refractivity contribution >= 4 is 5.91 Å². The lowest BCUT2D eigenvalue weighted by Gasteiger charge is -2.06. The van der Waals surface area contributed by atoms with Gasteiger partial charge in [0.25, 0.3) is 0 Å². The quantitative estimate of drug-likeness (QED) is 0.725. The topological polar surface area (TPSA) is 70.0 Å². The molecular weight excluding hydrogens is 182 g/mol. The van der Waals surface area contributed by atoms with E-state index in [4.69, 9.17) is 5.73 Å². The van der Waals surface area contributed by atoms with Gasteiger partial charge in [-0.25, -0.2) is 4.79 Å². The van der Waals surface area contributed by atoms with Crippen LogP contribution in [0.5, 0.6) is 0 Å². The van der Waals surface area contributed by atoms with Crippen LogP contribution in [-0.4, -0.2) is 15.0 Å². The second-order valence-corrected chi connectivity index (χ2v) is 3.32. The fourth-order valence-corrected chi connectivity index (χ4v) is 1.22. The molecule has 0 saturated carbocycles. The Morgan fingerprint density at radius 3 is 2.50 bits per heavy atom. The monoisotopic (exact) mass is 197 g/mol. The molecule has 2 N–H and O–H groups in total. The van der Waals surface area contributed by atoms with Crippen molar-refractivity contribution in [2.45, 2.75) is 26.9 Å². The van der Waals surface area contributed by atoms with Crippen LogP contribution >= 0.6 is 0 Å². The number of primary amides is 1. The number of nitrogens with zero attached hydrogens (tertiary/aromatic N) is 2. The predicted octanol–water partition coefficient (Wildman–Crippen LogP) is -0.209. The van der Waals surface area contributed by atoms with E-state index in [1.165, 1.54) is 4.57 Å². The lowest BCUT2D eigenvalue weighted by atomic mass is 10.2. The van der Waals surface area contributed by atoms with Gasteiger partial charge in [0.1, 0.15) is 0 Å². The zero-order valence-electron chi connectivity index (χ0n) is 8.43. The molecule has 1 aromatic rings. The molecule has 0 aliphatic carbocycles. The number of hydrogen-bond acceptors (Lipinski definition) is 2. The molecule has 1 unspecified atom stereocenters. The fourth-order valence-electron chi connectivity index (χ4n) is 1.22. The van der Waals surface area contributed by atoms with E-state index in [1.54, 1.807) is 23.9 Å². The van der Waals surface area contributed by atoms with Gasteiger partial charge in [-0.1, -0.05) is 6.92 Å². The van der Waals surface area contributed by atoms with Crippen LogP contribution in [0.2, 0.25) is 0 Å². The molecule has 0 aliphatic heterocycles. The van der Waals surface area contributed by atoms with Crippen molar-refractivity contribution in [3.63, 3.8) is 0 Å². The molecule has 0 aliphatic rings. The van der Waals surface area contributed by atoms with E-state index in [1.807, 2.05) is 6.92 Å². The largest absolute Gasteiger partial charge is 0.369 e. The Morgan fingerprint density at radius 1 is 1.50 bits per heavy atom. The number of aromatic nitrogens is 2. The number of hydrogen-bond donors (Lipinski definition) is 1. The molecule has 0 radical (unpaired) electrons. The maximum absolute atomic E-state index is 11.5. The van der Waals surface area contributed by atoms with Crippen LogP contribution in [0.25, 0.3) is 0 Å². The lowest BCUT2D eigenvalue weighted by molar-refractivity contribution is -0.121. The molecule has 1 aromatic heterocycles. The molecule has 1 rings (SSSR count). The summed E-state index contributed by atoms with van der Waals surface area (Å²) in [4.78, 5) is 22.3. The Labute approximate surface area is 82.1 Å². The molecular formula is C9H15N3O2. The zero-order chi connectivity index (χ0) is 10.7. The van der Waals surface area contributed by atoms with Crippen molar-refractivity contribution in [2.75, 3.05) is 0 Å². The minimum Gasteiger partial charge on any atom is -0.369 e. The van der Waals surface area contributed by atoms with Crippen LogP contribution in [0.15, 0.2) is 17.2 Å². The van der Waals surface area contributed by atoms with E-state index < -0.39 is 0 Å². The van der Waals surface area contributed by atoms with E-state index in [0.717, 1.165) is 0 Å².